The summed E-state index contributed by atoms with van der Waals surface area (Å²) in [5, 5.41) is 2.15. The SMILES string of the molecule is O=C1CN(C(=O)COc2ccc3c(c2)CCC3)CC(=O)N1. The minimum absolute atomic E-state index is 0.0991. The molecule has 0 radical (unpaired) electrons. The van der Waals surface area contributed by atoms with Gasteiger partial charge in [-0.1, -0.05) is 6.07 Å². The van der Waals surface area contributed by atoms with Crippen LogP contribution in [0, 0.1) is 0 Å². The number of rotatable bonds is 3. The van der Waals surface area contributed by atoms with Gasteiger partial charge in [-0.2, -0.15) is 0 Å². The smallest absolute Gasteiger partial charge is 0.261 e. The number of aryl methyl sites for hydroxylation is 2. The molecule has 21 heavy (non-hydrogen) atoms. The Labute approximate surface area is 122 Å². The first-order valence-corrected chi connectivity index (χ1v) is 6.97. The normalized spacial score (nSPS) is 17.4. The summed E-state index contributed by atoms with van der Waals surface area (Å²) >= 11 is 0. The van der Waals surface area contributed by atoms with E-state index in [1.54, 1.807) is 0 Å². The molecule has 0 bridgehead atoms. The van der Waals surface area contributed by atoms with Crippen molar-refractivity contribution in [3.8, 4) is 5.75 Å². The molecule has 3 amide bonds. The van der Waals surface area contributed by atoms with Crippen LogP contribution in [-0.4, -0.2) is 42.3 Å². The monoisotopic (exact) mass is 288 g/mol. The molecule has 1 heterocycles. The lowest BCUT2D eigenvalue weighted by Gasteiger charge is -2.25. The van der Waals surface area contributed by atoms with Crippen LogP contribution in [-0.2, 0) is 27.2 Å². The van der Waals surface area contributed by atoms with E-state index in [-0.39, 0.29) is 25.6 Å². The number of piperazine rings is 1. The van der Waals surface area contributed by atoms with E-state index in [4.69, 9.17) is 4.74 Å². The van der Waals surface area contributed by atoms with E-state index in [0.29, 0.717) is 5.75 Å². The predicted octanol–water partition coefficient (Wildman–Crippen LogP) is 0.0391. The molecular formula is C15H16N2O4. The second kappa shape index (κ2) is 5.55. The zero-order chi connectivity index (χ0) is 14.8. The van der Waals surface area contributed by atoms with Crippen molar-refractivity contribution >= 4 is 17.7 Å². The van der Waals surface area contributed by atoms with Crippen molar-refractivity contribution in [1.82, 2.24) is 10.2 Å². The van der Waals surface area contributed by atoms with Gasteiger partial charge in [0.1, 0.15) is 18.8 Å². The van der Waals surface area contributed by atoms with Crippen molar-refractivity contribution < 1.29 is 19.1 Å². The highest BCUT2D eigenvalue weighted by Crippen LogP contribution is 2.25. The molecule has 1 saturated heterocycles. The first-order chi connectivity index (χ1) is 10.1. The fourth-order valence-electron chi connectivity index (χ4n) is 2.69. The summed E-state index contributed by atoms with van der Waals surface area (Å²) in [6, 6.07) is 5.84. The molecule has 0 aromatic heterocycles. The molecule has 3 rings (SSSR count). The Hall–Kier alpha value is -2.37. The van der Waals surface area contributed by atoms with Gasteiger partial charge in [0.05, 0.1) is 0 Å². The molecule has 2 aliphatic rings. The van der Waals surface area contributed by atoms with Crippen LogP contribution >= 0.6 is 0 Å². The Kier molecular flexibility index (Phi) is 3.60. The number of nitrogens with one attached hydrogen (secondary N) is 1. The summed E-state index contributed by atoms with van der Waals surface area (Å²) in [5.41, 5.74) is 2.61. The van der Waals surface area contributed by atoms with Crippen molar-refractivity contribution in [3.05, 3.63) is 29.3 Å². The quantitative estimate of drug-likeness (QED) is 0.797. The molecule has 0 unspecified atom stereocenters. The van der Waals surface area contributed by atoms with Crippen LogP contribution in [0.2, 0.25) is 0 Å². The van der Waals surface area contributed by atoms with E-state index in [1.165, 1.54) is 16.0 Å². The lowest BCUT2D eigenvalue weighted by atomic mass is 10.1. The molecule has 110 valence electrons. The third kappa shape index (κ3) is 3.04. The van der Waals surface area contributed by atoms with Gasteiger partial charge in [0.2, 0.25) is 11.8 Å². The van der Waals surface area contributed by atoms with Gasteiger partial charge >= 0.3 is 0 Å². The van der Waals surface area contributed by atoms with Crippen molar-refractivity contribution in [2.45, 2.75) is 19.3 Å². The summed E-state index contributed by atoms with van der Waals surface area (Å²) in [6.45, 7) is -0.365. The number of fused-ring (bicyclic) bond motifs is 1. The Morgan fingerprint density at radius 1 is 1.14 bits per heavy atom. The van der Waals surface area contributed by atoms with Gasteiger partial charge in [-0.25, -0.2) is 0 Å². The summed E-state index contributed by atoms with van der Waals surface area (Å²) in [6.07, 6.45) is 3.30. The average molecular weight is 288 g/mol. The van der Waals surface area contributed by atoms with Gasteiger partial charge in [0.15, 0.2) is 6.61 Å². The van der Waals surface area contributed by atoms with Gasteiger partial charge in [-0.3, -0.25) is 19.7 Å². The number of imide groups is 1. The molecule has 1 aromatic rings. The molecule has 0 spiro atoms. The molecular weight excluding hydrogens is 272 g/mol. The second-order valence-electron chi connectivity index (χ2n) is 5.29. The zero-order valence-corrected chi connectivity index (χ0v) is 11.6. The fraction of sp³-hybridized carbons (Fsp3) is 0.400. The van der Waals surface area contributed by atoms with E-state index in [1.807, 2.05) is 18.2 Å². The number of nitrogens with zero attached hydrogens (tertiary/aromatic N) is 1. The van der Waals surface area contributed by atoms with Crippen molar-refractivity contribution in [3.63, 3.8) is 0 Å². The number of benzene rings is 1. The van der Waals surface area contributed by atoms with Crippen LogP contribution < -0.4 is 10.1 Å². The third-order valence-corrected chi connectivity index (χ3v) is 3.73. The lowest BCUT2D eigenvalue weighted by Crippen LogP contribution is -2.54. The highest BCUT2D eigenvalue weighted by molar-refractivity contribution is 6.02. The molecule has 1 fully saturated rings. The Morgan fingerprint density at radius 2 is 1.86 bits per heavy atom. The molecule has 0 saturated carbocycles. The van der Waals surface area contributed by atoms with Crippen LogP contribution in [0.5, 0.6) is 5.75 Å². The standard InChI is InChI=1S/C15H16N2O4/c18-13-7-17(8-14(19)16-13)15(20)9-21-12-5-4-10-2-1-3-11(10)6-12/h4-6H,1-3,7-9H2,(H,16,18,19). The lowest BCUT2D eigenvalue weighted by molar-refractivity contribution is -0.146. The van der Waals surface area contributed by atoms with Gasteiger partial charge < -0.3 is 9.64 Å². The molecule has 1 aliphatic carbocycles. The second-order valence-corrected chi connectivity index (χ2v) is 5.29. The number of hydrogen-bond donors (Lipinski definition) is 1. The first-order valence-electron chi connectivity index (χ1n) is 6.97. The van der Waals surface area contributed by atoms with Crippen molar-refractivity contribution in [2.24, 2.45) is 0 Å². The first kappa shape index (κ1) is 13.6. The van der Waals surface area contributed by atoms with Crippen LogP contribution in [0.3, 0.4) is 0 Å². The molecule has 6 heteroatoms. The van der Waals surface area contributed by atoms with Gasteiger partial charge in [-0.15, -0.1) is 0 Å². The topological polar surface area (TPSA) is 75.7 Å². The highest BCUT2D eigenvalue weighted by atomic mass is 16.5. The maximum Gasteiger partial charge on any atom is 0.261 e. The Bertz CT molecular complexity index is 596. The Balaban J connectivity index is 1.58. The molecule has 1 N–H and O–H groups in total. The van der Waals surface area contributed by atoms with E-state index >= 15 is 0 Å². The maximum absolute atomic E-state index is 12.0. The van der Waals surface area contributed by atoms with Gasteiger partial charge in [-0.05, 0) is 42.5 Å². The van der Waals surface area contributed by atoms with E-state index < -0.39 is 11.8 Å². The number of amides is 3. The minimum Gasteiger partial charge on any atom is -0.484 e. The van der Waals surface area contributed by atoms with E-state index in [9.17, 15) is 14.4 Å². The number of ether oxygens (including phenoxy) is 1. The van der Waals surface area contributed by atoms with Crippen LogP contribution in [0.4, 0.5) is 0 Å². The van der Waals surface area contributed by atoms with E-state index in [0.717, 1.165) is 19.3 Å². The van der Waals surface area contributed by atoms with Crippen LogP contribution in [0.25, 0.3) is 0 Å². The van der Waals surface area contributed by atoms with Crippen LogP contribution in [0.15, 0.2) is 18.2 Å². The molecule has 1 aromatic carbocycles. The van der Waals surface area contributed by atoms with Crippen molar-refractivity contribution in [1.29, 1.82) is 0 Å². The predicted molar refractivity (Wildman–Crippen MR) is 73.7 cm³/mol. The summed E-state index contributed by atoms with van der Waals surface area (Å²) < 4.78 is 5.48. The van der Waals surface area contributed by atoms with Gasteiger partial charge in [0, 0.05) is 0 Å². The maximum atomic E-state index is 12.0. The van der Waals surface area contributed by atoms with E-state index in [2.05, 4.69) is 5.32 Å². The number of hydrogen-bond acceptors (Lipinski definition) is 4. The molecule has 6 nitrogen and oxygen atoms in total. The fourth-order valence-corrected chi connectivity index (χ4v) is 2.69. The summed E-state index contributed by atoms with van der Waals surface area (Å²) in [7, 11) is 0. The third-order valence-electron chi connectivity index (χ3n) is 3.73. The minimum atomic E-state index is -0.461. The Morgan fingerprint density at radius 3 is 2.62 bits per heavy atom. The largest absolute Gasteiger partial charge is 0.484 e. The molecule has 0 atom stereocenters. The highest BCUT2D eigenvalue weighted by Gasteiger charge is 2.26. The average Bonchev–Trinajstić information content (AvgIpc) is 2.91. The summed E-state index contributed by atoms with van der Waals surface area (Å²) in [4.78, 5) is 35.6. The zero-order valence-electron chi connectivity index (χ0n) is 11.6. The van der Waals surface area contributed by atoms with Crippen LogP contribution in [0.1, 0.15) is 17.5 Å². The number of carbonyl (C=O) groups excluding carboxylic acids is 3. The van der Waals surface area contributed by atoms with Gasteiger partial charge in [0.25, 0.3) is 5.91 Å². The van der Waals surface area contributed by atoms with Crippen molar-refractivity contribution in [2.75, 3.05) is 19.7 Å². The molecule has 1 aliphatic heterocycles. The summed E-state index contributed by atoms with van der Waals surface area (Å²) in [5.74, 6) is -0.634. The number of carbonyl (C=O) groups is 3.